The van der Waals surface area contributed by atoms with Crippen molar-refractivity contribution >= 4 is 23.5 Å². The van der Waals surface area contributed by atoms with Crippen LogP contribution in [-0.4, -0.2) is 29.5 Å². The summed E-state index contributed by atoms with van der Waals surface area (Å²) < 4.78 is 0. The van der Waals surface area contributed by atoms with Gasteiger partial charge in [0, 0.05) is 11.3 Å². The van der Waals surface area contributed by atoms with E-state index >= 15 is 0 Å². The second-order valence-electron chi connectivity index (χ2n) is 3.19. The van der Waals surface area contributed by atoms with Gasteiger partial charge in [-0.1, -0.05) is 0 Å². The van der Waals surface area contributed by atoms with Gasteiger partial charge < -0.3 is 21.5 Å². The van der Waals surface area contributed by atoms with Crippen molar-refractivity contribution in [1.29, 1.82) is 5.41 Å². The van der Waals surface area contributed by atoms with Gasteiger partial charge in [-0.15, -0.1) is 0 Å². The van der Waals surface area contributed by atoms with Crippen molar-refractivity contribution in [3.63, 3.8) is 0 Å². The van der Waals surface area contributed by atoms with E-state index < -0.39 is 18.5 Å². The fraction of sp³-hybridized carbons (Fsp3) is 0.100. The number of hydrogen-bond donors (Lipinski definition) is 5. The summed E-state index contributed by atoms with van der Waals surface area (Å²) in [6.07, 6.45) is 0. The van der Waals surface area contributed by atoms with Gasteiger partial charge in [-0.25, -0.2) is 4.79 Å². The van der Waals surface area contributed by atoms with E-state index in [-0.39, 0.29) is 5.84 Å². The smallest absolute Gasteiger partial charge is 0.323 e. The molecule has 6 N–H and O–H groups in total. The van der Waals surface area contributed by atoms with Crippen molar-refractivity contribution in [2.45, 2.75) is 0 Å². The first kappa shape index (κ1) is 12.5. The first-order valence-corrected chi connectivity index (χ1v) is 4.70. The second kappa shape index (κ2) is 5.50. The second-order valence-corrected chi connectivity index (χ2v) is 3.19. The number of hydrogen-bond acceptors (Lipinski definition) is 3. The van der Waals surface area contributed by atoms with Gasteiger partial charge in [0.2, 0.25) is 0 Å². The predicted molar refractivity (Wildman–Crippen MR) is 62.1 cm³/mol. The van der Waals surface area contributed by atoms with Gasteiger partial charge in [0.15, 0.2) is 0 Å². The molecule has 0 unspecified atom stereocenters. The summed E-state index contributed by atoms with van der Waals surface area (Å²) in [5.74, 6) is -1.18. The highest BCUT2D eigenvalue weighted by atomic mass is 16.4. The minimum absolute atomic E-state index is 0.0631. The molecule has 0 spiro atoms. The lowest BCUT2D eigenvalue weighted by molar-refractivity contribution is -0.135. The van der Waals surface area contributed by atoms with Crippen molar-refractivity contribution in [2.75, 3.05) is 11.9 Å². The number of nitrogens with one attached hydrogen (secondary N) is 3. The lowest BCUT2D eigenvalue weighted by Gasteiger charge is -2.06. The standard InChI is InChI=1S/C10H12N4O3/c11-9(12)6-1-3-7(4-2-6)14-10(17)13-5-8(15)16/h1-4H,5H2,(H3,11,12)(H,15,16)(H2,13,14,17). The monoisotopic (exact) mass is 236 g/mol. The van der Waals surface area contributed by atoms with E-state index in [1.165, 1.54) is 0 Å². The van der Waals surface area contributed by atoms with Crippen LogP contribution in [0.15, 0.2) is 24.3 Å². The van der Waals surface area contributed by atoms with Crippen LogP contribution in [0.4, 0.5) is 10.5 Å². The molecule has 2 amide bonds. The van der Waals surface area contributed by atoms with Crippen LogP contribution < -0.4 is 16.4 Å². The number of aliphatic carboxylic acids is 1. The van der Waals surface area contributed by atoms with E-state index in [1.54, 1.807) is 24.3 Å². The Hall–Kier alpha value is -2.57. The molecule has 0 saturated heterocycles. The Labute approximate surface area is 97.1 Å². The van der Waals surface area contributed by atoms with E-state index in [4.69, 9.17) is 16.2 Å². The van der Waals surface area contributed by atoms with E-state index in [2.05, 4.69) is 10.6 Å². The minimum Gasteiger partial charge on any atom is -0.480 e. The molecule has 0 aliphatic rings. The summed E-state index contributed by atoms with van der Waals surface area (Å²) in [5.41, 5.74) is 6.29. The number of nitrogens with two attached hydrogens (primary N) is 1. The number of rotatable bonds is 4. The maximum atomic E-state index is 11.2. The van der Waals surface area contributed by atoms with Crippen LogP contribution in [0.3, 0.4) is 0 Å². The van der Waals surface area contributed by atoms with E-state index in [0.29, 0.717) is 11.3 Å². The highest BCUT2D eigenvalue weighted by molar-refractivity contribution is 5.96. The maximum Gasteiger partial charge on any atom is 0.323 e. The van der Waals surface area contributed by atoms with Crippen molar-refractivity contribution < 1.29 is 14.7 Å². The van der Waals surface area contributed by atoms with Gasteiger partial charge in [-0.05, 0) is 24.3 Å². The quantitative estimate of drug-likeness (QED) is 0.377. The van der Waals surface area contributed by atoms with Crippen molar-refractivity contribution in [1.82, 2.24) is 5.32 Å². The Morgan fingerprint density at radius 2 is 1.88 bits per heavy atom. The Bertz CT molecular complexity index is 441. The number of amidine groups is 1. The number of amides is 2. The number of carbonyl (C=O) groups excluding carboxylic acids is 1. The Morgan fingerprint density at radius 1 is 1.29 bits per heavy atom. The van der Waals surface area contributed by atoms with Crippen LogP contribution >= 0.6 is 0 Å². The van der Waals surface area contributed by atoms with Crippen LogP contribution in [0.25, 0.3) is 0 Å². The van der Waals surface area contributed by atoms with E-state index in [1.807, 2.05) is 0 Å². The molecule has 90 valence electrons. The molecule has 0 heterocycles. The SMILES string of the molecule is N=C(N)c1ccc(NC(=O)NCC(=O)O)cc1. The number of anilines is 1. The van der Waals surface area contributed by atoms with Crippen molar-refractivity contribution in [2.24, 2.45) is 5.73 Å². The number of urea groups is 1. The third-order valence-corrected chi connectivity index (χ3v) is 1.85. The molecule has 0 radical (unpaired) electrons. The van der Waals surface area contributed by atoms with Crippen molar-refractivity contribution in [3.05, 3.63) is 29.8 Å². The summed E-state index contributed by atoms with van der Waals surface area (Å²) in [4.78, 5) is 21.4. The predicted octanol–water partition coefficient (Wildman–Crippen LogP) is 0.177. The zero-order valence-corrected chi connectivity index (χ0v) is 8.86. The van der Waals surface area contributed by atoms with Crippen LogP contribution in [-0.2, 0) is 4.79 Å². The maximum absolute atomic E-state index is 11.2. The van der Waals surface area contributed by atoms with Gasteiger partial charge in [0.05, 0.1) is 0 Å². The largest absolute Gasteiger partial charge is 0.480 e. The summed E-state index contributed by atoms with van der Waals surface area (Å²) in [7, 11) is 0. The lowest BCUT2D eigenvalue weighted by atomic mass is 10.2. The van der Waals surface area contributed by atoms with Crippen LogP contribution in [0.2, 0.25) is 0 Å². The molecule has 0 aliphatic heterocycles. The Morgan fingerprint density at radius 3 is 2.35 bits per heavy atom. The highest BCUT2D eigenvalue weighted by Crippen LogP contribution is 2.08. The molecule has 0 aliphatic carbocycles. The average molecular weight is 236 g/mol. The summed E-state index contributed by atoms with van der Waals surface area (Å²) >= 11 is 0. The van der Waals surface area contributed by atoms with Gasteiger partial charge in [0.25, 0.3) is 0 Å². The van der Waals surface area contributed by atoms with Crippen LogP contribution in [0.5, 0.6) is 0 Å². The molecule has 7 nitrogen and oxygen atoms in total. The molecule has 1 aromatic rings. The molecule has 0 atom stereocenters. The molecular weight excluding hydrogens is 224 g/mol. The number of carbonyl (C=O) groups is 2. The number of nitrogen functional groups attached to an aromatic ring is 1. The topological polar surface area (TPSA) is 128 Å². The molecule has 0 bridgehead atoms. The molecule has 0 fully saturated rings. The third kappa shape index (κ3) is 4.20. The first-order chi connectivity index (χ1) is 7.99. The number of carboxylic acids is 1. The molecule has 7 heteroatoms. The molecule has 0 saturated carbocycles. The zero-order valence-electron chi connectivity index (χ0n) is 8.86. The van der Waals surface area contributed by atoms with E-state index in [0.717, 1.165) is 0 Å². The highest BCUT2D eigenvalue weighted by Gasteiger charge is 2.04. The molecule has 0 aromatic heterocycles. The first-order valence-electron chi connectivity index (χ1n) is 4.70. The fourth-order valence-electron chi connectivity index (χ4n) is 1.06. The van der Waals surface area contributed by atoms with Crippen LogP contribution in [0, 0.1) is 5.41 Å². The minimum atomic E-state index is -1.12. The molecular formula is C10H12N4O3. The number of carboxylic acid groups (broad SMARTS) is 1. The summed E-state index contributed by atoms with van der Waals surface area (Å²) in [6.45, 7) is -0.447. The van der Waals surface area contributed by atoms with Crippen molar-refractivity contribution in [3.8, 4) is 0 Å². The van der Waals surface area contributed by atoms with E-state index in [9.17, 15) is 9.59 Å². The lowest BCUT2D eigenvalue weighted by Crippen LogP contribution is -2.33. The molecule has 1 aromatic carbocycles. The van der Waals surface area contributed by atoms with Gasteiger partial charge in [-0.3, -0.25) is 10.2 Å². The fourth-order valence-corrected chi connectivity index (χ4v) is 1.06. The van der Waals surface area contributed by atoms with Gasteiger partial charge >= 0.3 is 12.0 Å². The number of benzene rings is 1. The average Bonchev–Trinajstić information content (AvgIpc) is 2.27. The Balaban J connectivity index is 2.54. The van der Waals surface area contributed by atoms with Crippen LogP contribution in [0.1, 0.15) is 5.56 Å². The van der Waals surface area contributed by atoms with Gasteiger partial charge in [0.1, 0.15) is 12.4 Å². The normalized spacial score (nSPS) is 9.41. The zero-order chi connectivity index (χ0) is 12.8. The molecule has 17 heavy (non-hydrogen) atoms. The molecule has 1 rings (SSSR count). The third-order valence-electron chi connectivity index (χ3n) is 1.85. The summed E-state index contributed by atoms with van der Waals surface area (Å²) in [5, 5.41) is 20.1. The summed E-state index contributed by atoms with van der Waals surface area (Å²) in [6, 6.07) is 5.68. The van der Waals surface area contributed by atoms with Gasteiger partial charge in [-0.2, -0.15) is 0 Å². The Kier molecular flexibility index (Phi) is 4.04.